The highest BCUT2D eigenvalue weighted by molar-refractivity contribution is 6.45. The lowest BCUT2D eigenvalue weighted by Crippen LogP contribution is -1.92. The van der Waals surface area contributed by atoms with Crippen LogP contribution in [-0.2, 0) is 0 Å². The van der Waals surface area contributed by atoms with Gasteiger partial charge in [0.15, 0.2) is 0 Å². The maximum Gasteiger partial charge on any atom is 0.0634 e. The summed E-state index contributed by atoms with van der Waals surface area (Å²) in [5, 5.41) is 10.6. The van der Waals surface area contributed by atoms with E-state index in [9.17, 15) is 0 Å². The molecule has 0 atom stereocenters. The molecule has 0 aliphatic carbocycles. The first-order valence-electron chi connectivity index (χ1n) is 19.9. The molecule has 266 valence electrons. The molecule has 0 N–H and O–H groups in total. The van der Waals surface area contributed by atoms with Crippen LogP contribution in [0.5, 0.6) is 0 Å². The minimum absolute atomic E-state index is 1.23. The molecular formula is C54H40N2. The molecule has 0 fully saturated rings. The molecule has 2 nitrogen and oxygen atoms in total. The molecule has 0 amide bonds. The number of hydrogen-bond acceptors (Lipinski definition) is 0. The number of fused-ring (bicyclic) bond motifs is 14. The Bertz CT molecular complexity index is 3600. The van der Waals surface area contributed by atoms with E-state index in [2.05, 4.69) is 184 Å². The van der Waals surface area contributed by atoms with Crippen LogP contribution in [0.15, 0.2) is 133 Å². The van der Waals surface area contributed by atoms with Gasteiger partial charge >= 0.3 is 0 Å². The number of benzene rings is 8. The van der Waals surface area contributed by atoms with Crippen LogP contribution in [0, 0.1) is 41.5 Å². The van der Waals surface area contributed by atoms with Crippen LogP contribution in [0.3, 0.4) is 0 Å². The van der Waals surface area contributed by atoms with Crippen LogP contribution in [0.4, 0.5) is 0 Å². The van der Waals surface area contributed by atoms with Crippen molar-refractivity contribution in [2.75, 3.05) is 0 Å². The summed E-state index contributed by atoms with van der Waals surface area (Å²) in [7, 11) is 0. The minimum Gasteiger partial charge on any atom is -0.308 e. The second-order valence-electron chi connectivity index (χ2n) is 16.5. The Balaban J connectivity index is 1.24. The third-order valence-corrected chi connectivity index (χ3v) is 12.9. The molecule has 4 heterocycles. The van der Waals surface area contributed by atoms with Crippen molar-refractivity contribution in [3.8, 4) is 33.4 Å². The molecule has 0 spiro atoms. The van der Waals surface area contributed by atoms with Crippen LogP contribution in [-0.4, -0.2) is 8.80 Å². The zero-order chi connectivity index (χ0) is 37.7. The Morgan fingerprint density at radius 2 is 0.804 bits per heavy atom. The van der Waals surface area contributed by atoms with E-state index in [1.54, 1.807) is 0 Å². The van der Waals surface area contributed by atoms with Gasteiger partial charge in [-0.05, 0) is 116 Å². The lowest BCUT2D eigenvalue weighted by Gasteiger charge is -2.14. The SMILES string of the molecule is Cc1cc(C)c(-c2cccc(-c3ccc4c5c6c7ccccc7n7c8c(-c9c(C)cc(C)cc9C)cccc8c(c8c9ccccc9n(c4c3)c58)c67)c2)c(C)c1. The molecule has 4 aromatic heterocycles. The number of rotatable bonds is 3. The van der Waals surface area contributed by atoms with Gasteiger partial charge in [0, 0.05) is 48.7 Å². The molecular weight excluding hydrogens is 677 g/mol. The molecule has 0 aliphatic rings. The van der Waals surface area contributed by atoms with Crippen molar-refractivity contribution in [1.82, 2.24) is 8.80 Å². The number of aryl methyl sites for hydroxylation is 6. The monoisotopic (exact) mass is 716 g/mol. The third-order valence-electron chi connectivity index (χ3n) is 12.9. The second kappa shape index (κ2) is 11.0. The fourth-order valence-electron chi connectivity index (χ4n) is 11.1. The Labute approximate surface area is 325 Å². The van der Waals surface area contributed by atoms with Gasteiger partial charge in [-0.15, -0.1) is 0 Å². The molecule has 12 aromatic rings. The Morgan fingerprint density at radius 1 is 0.321 bits per heavy atom. The highest BCUT2D eigenvalue weighted by Crippen LogP contribution is 2.53. The molecule has 0 bridgehead atoms. The van der Waals surface area contributed by atoms with E-state index in [4.69, 9.17) is 0 Å². The predicted octanol–water partition coefficient (Wildman–Crippen LogP) is 14.8. The van der Waals surface area contributed by atoms with Gasteiger partial charge < -0.3 is 8.80 Å². The lowest BCUT2D eigenvalue weighted by molar-refractivity contribution is 1.31. The lowest BCUT2D eigenvalue weighted by atomic mass is 9.91. The summed E-state index contributed by atoms with van der Waals surface area (Å²) in [6.45, 7) is 13.4. The van der Waals surface area contributed by atoms with Gasteiger partial charge in [-0.1, -0.05) is 120 Å². The molecule has 56 heavy (non-hydrogen) atoms. The highest BCUT2D eigenvalue weighted by atomic mass is 14.9. The van der Waals surface area contributed by atoms with E-state index in [0.29, 0.717) is 0 Å². The quantitative estimate of drug-likeness (QED) is 0.172. The maximum absolute atomic E-state index is 2.61. The van der Waals surface area contributed by atoms with E-state index >= 15 is 0 Å². The number of para-hydroxylation sites is 3. The van der Waals surface area contributed by atoms with Gasteiger partial charge in [0.1, 0.15) is 0 Å². The fraction of sp³-hybridized carbons (Fsp3) is 0.111. The first-order valence-corrected chi connectivity index (χ1v) is 19.9. The normalized spacial score (nSPS) is 12.5. The largest absolute Gasteiger partial charge is 0.308 e. The van der Waals surface area contributed by atoms with Crippen LogP contribution in [0.2, 0.25) is 0 Å². The van der Waals surface area contributed by atoms with Crippen LogP contribution >= 0.6 is 0 Å². The molecule has 0 aliphatic heterocycles. The molecule has 12 rings (SSSR count). The first-order chi connectivity index (χ1) is 27.3. The smallest absolute Gasteiger partial charge is 0.0634 e. The standard InChI is InChI=1S/C54H40N2/c1-29-23-31(3)46(32(4)24-29)37-14-11-13-35(27-37)36-21-22-40-45(28-36)55-43-19-9-7-15-38(43)49-51-42-18-12-17-41(47-33(5)25-30(2)26-34(47)6)52(42)56-44-20-10-8-16-39(44)48(54(51)56)50(40)53(49)55/h7-28H,1-6H3. The molecule has 0 saturated heterocycles. The van der Waals surface area contributed by atoms with Crippen LogP contribution in [0.1, 0.15) is 33.4 Å². The fourth-order valence-corrected chi connectivity index (χ4v) is 11.1. The van der Waals surface area contributed by atoms with Crippen molar-refractivity contribution in [3.63, 3.8) is 0 Å². The number of aromatic nitrogens is 2. The topological polar surface area (TPSA) is 8.82 Å². The summed E-state index contributed by atoms with van der Waals surface area (Å²) in [5.41, 5.74) is 23.3. The van der Waals surface area contributed by atoms with Crippen molar-refractivity contribution < 1.29 is 0 Å². The predicted molar refractivity (Wildman–Crippen MR) is 240 cm³/mol. The highest BCUT2D eigenvalue weighted by Gasteiger charge is 2.29. The molecule has 0 unspecified atom stereocenters. The maximum atomic E-state index is 2.61. The van der Waals surface area contributed by atoms with Gasteiger partial charge in [-0.2, -0.15) is 0 Å². The van der Waals surface area contributed by atoms with E-state index in [1.165, 1.54) is 143 Å². The summed E-state index contributed by atoms with van der Waals surface area (Å²) < 4.78 is 5.19. The van der Waals surface area contributed by atoms with E-state index < -0.39 is 0 Å². The average Bonchev–Trinajstić information content (AvgIpc) is 3.90. The van der Waals surface area contributed by atoms with Gasteiger partial charge in [0.25, 0.3) is 0 Å². The Hall–Kier alpha value is -6.64. The summed E-state index contributed by atoms with van der Waals surface area (Å²) in [4.78, 5) is 0. The van der Waals surface area contributed by atoms with E-state index in [-0.39, 0.29) is 0 Å². The molecule has 8 aromatic carbocycles. The van der Waals surface area contributed by atoms with Gasteiger partial charge in [0.2, 0.25) is 0 Å². The van der Waals surface area contributed by atoms with E-state index in [1.807, 2.05) is 0 Å². The number of hydrogen-bond donors (Lipinski definition) is 0. The van der Waals surface area contributed by atoms with Crippen molar-refractivity contribution >= 4 is 76.2 Å². The van der Waals surface area contributed by atoms with Gasteiger partial charge in [-0.3, -0.25) is 0 Å². The number of nitrogens with zero attached hydrogens (tertiary/aromatic N) is 2. The van der Waals surface area contributed by atoms with Crippen LogP contribution in [0.25, 0.3) is 110 Å². The second-order valence-corrected chi connectivity index (χ2v) is 16.5. The Kier molecular flexibility index (Phi) is 6.22. The summed E-state index contributed by atoms with van der Waals surface area (Å²) in [5.74, 6) is 0. The van der Waals surface area contributed by atoms with Gasteiger partial charge in [-0.25, -0.2) is 0 Å². The Morgan fingerprint density at radius 3 is 1.46 bits per heavy atom. The zero-order valence-corrected chi connectivity index (χ0v) is 32.6. The first kappa shape index (κ1) is 31.7. The molecule has 2 heteroatoms. The van der Waals surface area contributed by atoms with Crippen molar-refractivity contribution in [2.24, 2.45) is 0 Å². The summed E-state index contributed by atoms with van der Waals surface area (Å²) in [6.07, 6.45) is 0. The van der Waals surface area contributed by atoms with E-state index in [0.717, 1.165) is 0 Å². The van der Waals surface area contributed by atoms with Crippen LogP contribution < -0.4 is 0 Å². The zero-order valence-electron chi connectivity index (χ0n) is 32.6. The van der Waals surface area contributed by atoms with Crippen molar-refractivity contribution in [2.45, 2.75) is 41.5 Å². The van der Waals surface area contributed by atoms with Gasteiger partial charge in [0.05, 0.1) is 33.1 Å². The molecule has 0 radical (unpaired) electrons. The summed E-state index contributed by atoms with van der Waals surface area (Å²) in [6, 6.07) is 50.7. The molecule has 0 saturated carbocycles. The average molecular weight is 717 g/mol. The third kappa shape index (κ3) is 3.96. The van der Waals surface area contributed by atoms with Crippen molar-refractivity contribution in [3.05, 3.63) is 167 Å². The minimum atomic E-state index is 1.23. The summed E-state index contributed by atoms with van der Waals surface area (Å²) >= 11 is 0. The van der Waals surface area contributed by atoms with Crippen molar-refractivity contribution in [1.29, 1.82) is 0 Å².